The highest BCUT2D eigenvalue weighted by Gasteiger charge is 2.69. The van der Waals surface area contributed by atoms with Crippen molar-refractivity contribution >= 4 is 0 Å². The molecule has 0 aromatic rings. The van der Waals surface area contributed by atoms with Crippen molar-refractivity contribution in [2.45, 2.75) is 110 Å². The third-order valence-corrected chi connectivity index (χ3v) is 11.9. The lowest BCUT2D eigenvalue weighted by molar-refractivity contribution is -0.273. The van der Waals surface area contributed by atoms with Crippen LogP contribution in [0, 0.1) is 52.3 Å². The van der Waals surface area contributed by atoms with Crippen LogP contribution in [0.1, 0.15) is 85.5 Å². The number of hydrogen-bond acceptors (Lipinski definition) is 4. The Kier molecular flexibility index (Phi) is 4.78. The van der Waals surface area contributed by atoms with E-state index < -0.39 is 0 Å². The van der Waals surface area contributed by atoms with E-state index in [-0.39, 0.29) is 29.3 Å². The average Bonchev–Trinajstić information content (AvgIpc) is 3.17. The molecule has 0 aromatic carbocycles. The van der Waals surface area contributed by atoms with E-state index in [4.69, 9.17) is 9.47 Å². The SMILES string of the molecule is C[C@@H]1CCC2(OC1)O[C@H]1C[C@H]3[C@@H]4C[C@@H](O)[C@H]5C[C@@H](O)CC[C@]5(C)[C@H]4CC[C@]3(C)[C@H]1[C@@H]2C. The molecule has 6 aliphatic rings. The predicted molar refractivity (Wildman–Crippen MR) is 119 cm³/mol. The monoisotopic (exact) mass is 432 g/mol. The summed E-state index contributed by atoms with van der Waals surface area (Å²) >= 11 is 0. The van der Waals surface area contributed by atoms with Crippen LogP contribution < -0.4 is 0 Å². The van der Waals surface area contributed by atoms with Crippen molar-refractivity contribution in [1.29, 1.82) is 0 Å². The molecule has 2 saturated heterocycles. The van der Waals surface area contributed by atoms with Crippen LogP contribution in [0.5, 0.6) is 0 Å². The molecule has 2 aliphatic heterocycles. The molecule has 13 atom stereocenters. The largest absolute Gasteiger partial charge is 0.393 e. The lowest BCUT2D eigenvalue weighted by Gasteiger charge is -2.62. The topological polar surface area (TPSA) is 58.9 Å². The second kappa shape index (κ2) is 6.93. The van der Waals surface area contributed by atoms with Gasteiger partial charge in [0.15, 0.2) is 5.79 Å². The first-order valence-corrected chi connectivity index (χ1v) is 13.4. The Morgan fingerprint density at radius 1 is 0.806 bits per heavy atom. The van der Waals surface area contributed by atoms with Crippen LogP contribution in [0.4, 0.5) is 0 Å². The minimum atomic E-state index is -0.338. The Hall–Kier alpha value is -0.160. The quantitative estimate of drug-likeness (QED) is 0.579. The predicted octanol–water partition coefficient (Wildman–Crippen LogP) is 4.76. The molecule has 4 nitrogen and oxygen atoms in total. The summed E-state index contributed by atoms with van der Waals surface area (Å²) in [5, 5.41) is 21.5. The Bertz CT molecular complexity index is 716. The minimum Gasteiger partial charge on any atom is -0.393 e. The van der Waals surface area contributed by atoms with Crippen molar-refractivity contribution in [1.82, 2.24) is 0 Å². The number of fused-ring (bicyclic) bond motifs is 7. The van der Waals surface area contributed by atoms with Crippen LogP contribution in [0.2, 0.25) is 0 Å². The molecule has 1 unspecified atom stereocenters. The van der Waals surface area contributed by atoms with Gasteiger partial charge >= 0.3 is 0 Å². The van der Waals surface area contributed by atoms with E-state index in [2.05, 4.69) is 27.7 Å². The first kappa shape index (κ1) is 21.4. The molecule has 6 fully saturated rings. The van der Waals surface area contributed by atoms with Gasteiger partial charge in [-0.15, -0.1) is 0 Å². The second-order valence-corrected chi connectivity index (χ2v) is 13.2. The van der Waals surface area contributed by atoms with Crippen LogP contribution in [0.15, 0.2) is 0 Å². The van der Waals surface area contributed by atoms with E-state index in [1.807, 2.05) is 0 Å². The van der Waals surface area contributed by atoms with Crippen LogP contribution in [0.3, 0.4) is 0 Å². The molecule has 0 amide bonds. The molecule has 31 heavy (non-hydrogen) atoms. The van der Waals surface area contributed by atoms with Crippen molar-refractivity contribution in [3.8, 4) is 0 Å². The summed E-state index contributed by atoms with van der Waals surface area (Å²) in [4.78, 5) is 0. The first-order chi connectivity index (χ1) is 14.7. The molecule has 4 aliphatic carbocycles. The molecule has 1 spiro atoms. The van der Waals surface area contributed by atoms with Crippen molar-refractivity contribution in [2.75, 3.05) is 6.61 Å². The van der Waals surface area contributed by atoms with Gasteiger partial charge in [-0.3, -0.25) is 0 Å². The van der Waals surface area contributed by atoms with Crippen molar-refractivity contribution in [2.24, 2.45) is 52.3 Å². The smallest absolute Gasteiger partial charge is 0.171 e. The number of aliphatic hydroxyl groups is 2. The molecular formula is C27H44O4. The molecule has 2 N–H and O–H groups in total. The van der Waals surface area contributed by atoms with Crippen molar-refractivity contribution < 1.29 is 19.7 Å². The zero-order valence-electron chi connectivity index (χ0n) is 20.1. The zero-order valence-corrected chi connectivity index (χ0v) is 20.1. The average molecular weight is 433 g/mol. The summed E-state index contributed by atoms with van der Waals surface area (Å²) in [7, 11) is 0. The fourth-order valence-corrected chi connectivity index (χ4v) is 10.3. The standard InChI is InChI=1S/C27H44O4/c1-15-5-10-27(30-14-15)16(2)24-23(31-27)13-20-18-12-22(29)21-11-17(28)6-8-25(21,3)19(18)7-9-26(20,24)4/h15-24,28-29H,5-14H2,1-4H3/t15-,16+,17+,18-,19+,20+,21-,22-,23+,24+,25-,26+,27?/m1/s1. The van der Waals surface area contributed by atoms with Gasteiger partial charge in [0.2, 0.25) is 0 Å². The Labute approximate surface area is 188 Å². The molecule has 4 heteroatoms. The van der Waals surface area contributed by atoms with E-state index in [1.165, 1.54) is 19.3 Å². The molecule has 0 bridgehead atoms. The summed E-state index contributed by atoms with van der Waals surface area (Å²) < 4.78 is 13.3. The Morgan fingerprint density at radius 2 is 1.58 bits per heavy atom. The van der Waals surface area contributed by atoms with Crippen LogP contribution in [0.25, 0.3) is 0 Å². The fourth-order valence-electron chi connectivity index (χ4n) is 10.3. The molecule has 4 saturated carbocycles. The maximum Gasteiger partial charge on any atom is 0.171 e. The van der Waals surface area contributed by atoms with Gasteiger partial charge in [-0.1, -0.05) is 27.7 Å². The molecule has 0 radical (unpaired) electrons. The van der Waals surface area contributed by atoms with E-state index in [0.717, 1.165) is 45.1 Å². The number of rotatable bonds is 0. The van der Waals surface area contributed by atoms with E-state index in [1.54, 1.807) is 0 Å². The van der Waals surface area contributed by atoms with E-state index in [9.17, 15) is 10.2 Å². The zero-order chi connectivity index (χ0) is 21.8. The molecule has 6 rings (SSSR count). The van der Waals surface area contributed by atoms with Crippen LogP contribution >= 0.6 is 0 Å². The van der Waals surface area contributed by atoms with Gasteiger partial charge in [-0.05, 0) is 97.7 Å². The van der Waals surface area contributed by atoms with Gasteiger partial charge in [-0.2, -0.15) is 0 Å². The van der Waals surface area contributed by atoms with Gasteiger partial charge in [0.05, 0.1) is 24.9 Å². The van der Waals surface area contributed by atoms with Gasteiger partial charge in [0.25, 0.3) is 0 Å². The third kappa shape index (κ3) is 2.80. The first-order valence-electron chi connectivity index (χ1n) is 13.4. The summed E-state index contributed by atoms with van der Waals surface area (Å²) in [5.74, 6) is 3.58. The van der Waals surface area contributed by atoms with Crippen LogP contribution in [-0.2, 0) is 9.47 Å². The summed E-state index contributed by atoms with van der Waals surface area (Å²) in [5.41, 5.74) is 0.495. The maximum absolute atomic E-state index is 11.2. The number of ether oxygens (including phenoxy) is 2. The Balaban J connectivity index is 1.28. The van der Waals surface area contributed by atoms with Gasteiger partial charge in [0.1, 0.15) is 0 Å². The molecule has 0 aromatic heterocycles. The maximum atomic E-state index is 11.2. The third-order valence-electron chi connectivity index (χ3n) is 11.9. The van der Waals surface area contributed by atoms with Crippen molar-refractivity contribution in [3.63, 3.8) is 0 Å². The number of hydrogen-bond donors (Lipinski definition) is 2. The summed E-state index contributed by atoms with van der Waals surface area (Å²) in [6, 6.07) is 0. The lowest BCUT2D eigenvalue weighted by Crippen LogP contribution is -2.58. The molecule has 2 heterocycles. The van der Waals surface area contributed by atoms with Crippen molar-refractivity contribution in [3.05, 3.63) is 0 Å². The highest BCUT2D eigenvalue weighted by atomic mass is 16.7. The van der Waals surface area contributed by atoms with Gasteiger partial charge in [0, 0.05) is 12.3 Å². The summed E-state index contributed by atoms with van der Waals surface area (Å²) in [6.07, 6.45) is 9.58. The Morgan fingerprint density at radius 3 is 2.32 bits per heavy atom. The highest BCUT2D eigenvalue weighted by Crippen LogP contribution is 2.71. The lowest BCUT2D eigenvalue weighted by atomic mass is 9.43. The normalized spacial score (nSPS) is 63.3. The highest BCUT2D eigenvalue weighted by molar-refractivity contribution is 5.16. The number of aliphatic hydroxyl groups excluding tert-OH is 2. The summed E-state index contributed by atoms with van der Waals surface area (Å²) in [6.45, 7) is 10.6. The van der Waals surface area contributed by atoms with E-state index >= 15 is 0 Å². The molecular weight excluding hydrogens is 388 g/mol. The second-order valence-electron chi connectivity index (χ2n) is 13.2. The van der Waals surface area contributed by atoms with Crippen LogP contribution in [-0.4, -0.2) is 40.9 Å². The minimum absolute atomic E-state index is 0.191. The van der Waals surface area contributed by atoms with Gasteiger partial charge < -0.3 is 19.7 Å². The van der Waals surface area contributed by atoms with E-state index in [0.29, 0.717) is 47.0 Å². The van der Waals surface area contributed by atoms with Gasteiger partial charge in [-0.25, -0.2) is 0 Å². The fraction of sp³-hybridized carbons (Fsp3) is 1.00. The molecule has 176 valence electrons.